The molecule has 0 aliphatic carbocycles. The number of carbonyl (C=O) groups is 2. The molecule has 1 N–H and O–H groups in total. The smallest absolute Gasteiger partial charge is 0.337 e. The Morgan fingerprint density at radius 1 is 1.07 bits per heavy atom. The molecule has 160 valence electrons. The van der Waals surface area contributed by atoms with E-state index >= 15 is 0 Å². The summed E-state index contributed by atoms with van der Waals surface area (Å²) in [5.41, 5.74) is 1.51. The van der Waals surface area contributed by atoms with Crippen LogP contribution in [0.3, 0.4) is 0 Å². The first-order valence-corrected chi connectivity index (χ1v) is 11.8. The lowest BCUT2D eigenvalue weighted by Gasteiger charge is -2.27. The normalized spacial score (nSPS) is 14.6. The molecule has 6 nitrogen and oxygen atoms in total. The topological polar surface area (TPSA) is 83.6 Å². The zero-order chi connectivity index (χ0) is 21.9. The zero-order valence-corrected chi connectivity index (χ0v) is 17.7. The highest BCUT2D eigenvalue weighted by atomic mass is 32.2. The molecular formula is C20H20F2N2O4S2. The molecule has 2 aromatic rings. The summed E-state index contributed by atoms with van der Waals surface area (Å²) in [4.78, 5) is 26.8. The molecule has 2 amide bonds. The van der Waals surface area contributed by atoms with Crippen LogP contribution in [0, 0.1) is 6.92 Å². The molecule has 0 atom stereocenters. The van der Waals surface area contributed by atoms with Crippen LogP contribution in [0.1, 0.15) is 26.3 Å². The first-order chi connectivity index (χ1) is 14.2. The lowest BCUT2D eigenvalue weighted by atomic mass is 10.1. The molecule has 0 unspecified atom stereocenters. The molecular weight excluding hydrogens is 434 g/mol. The minimum atomic E-state index is -4.73. The fraction of sp³-hybridized carbons (Fsp3) is 0.300. The first kappa shape index (κ1) is 22.2. The van der Waals surface area contributed by atoms with Crippen LogP contribution >= 0.6 is 11.8 Å². The summed E-state index contributed by atoms with van der Waals surface area (Å²) in [7, 11) is -4.73. The Morgan fingerprint density at radius 3 is 2.30 bits per heavy atom. The fourth-order valence-electron chi connectivity index (χ4n) is 3.03. The van der Waals surface area contributed by atoms with E-state index in [4.69, 9.17) is 0 Å². The van der Waals surface area contributed by atoms with Crippen molar-refractivity contribution in [3.05, 3.63) is 59.2 Å². The summed E-state index contributed by atoms with van der Waals surface area (Å²) in [6.07, 6.45) is 0. The Bertz CT molecular complexity index is 1050. The van der Waals surface area contributed by atoms with Crippen molar-refractivity contribution in [2.45, 2.75) is 17.6 Å². The molecule has 1 fully saturated rings. The number of anilines is 1. The number of alkyl halides is 2. The molecule has 0 radical (unpaired) electrons. The van der Waals surface area contributed by atoms with Crippen molar-refractivity contribution >= 4 is 39.1 Å². The van der Waals surface area contributed by atoms with E-state index in [1.54, 1.807) is 41.8 Å². The Morgan fingerprint density at radius 2 is 1.70 bits per heavy atom. The first-order valence-electron chi connectivity index (χ1n) is 9.12. The van der Waals surface area contributed by atoms with Crippen LogP contribution < -0.4 is 5.32 Å². The van der Waals surface area contributed by atoms with Gasteiger partial charge in [-0.1, -0.05) is 12.1 Å². The van der Waals surface area contributed by atoms with Gasteiger partial charge < -0.3 is 10.2 Å². The predicted octanol–water partition coefficient (Wildman–Crippen LogP) is 3.43. The van der Waals surface area contributed by atoms with Crippen molar-refractivity contribution in [1.29, 1.82) is 0 Å². The van der Waals surface area contributed by atoms with Gasteiger partial charge in [-0.3, -0.25) is 9.59 Å². The molecule has 1 saturated heterocycles. The molecule has 3 rings (SSSR count). The monoisotopic (exact) mass is 454 g/mol. The second-order valence-electron chi connectivity index (χ2n) is 6.69. The van der Waals surface area contributed by atoms with Crippen molar-refractivity contribution in [3.63, 3.8) is 0 Å². The highest BCUT2D eigenvalue weighted by Gasteiger charge is 2.27. The Balaban J connectivity index is 1.84. The van der Waals surface area contributed by atoms with Crippen molar-refractivity contribution < 1.29 is 26.8 Å². The number of para-hydroxylation sites is 1. The molecule has 0 aromatic heterocycles. The van der Waals surface area contributed by atoms with Gasteiger partial charge in [-0.2, -0.15) is 20.5 Å². The maximum atomic E-state index is 12.9. The number of nitrogens with zero attached hydrogens (tertiary/aromatic N) is 1. The molecule has 1 aliphatic rings. The van der Waals surface area contributed by atoms with Gasteiger partial charge in [0.1, 0.15) is 0 Å². The number of rotatable bonds is 5. The highest BCUT2D eigenvalue weighted by molar-refractivity contribution is 7.99. The van der Waals surface area contributed by atoms with Gasteiger partial charge in [-0.05, 0) is 42.8 Å². The van der Waals surface area contributed by atoms with Gasteiger partial charge >= 0.3 is 5.76 Å². The van der Waals surface area contributed by atoms with E-state index in [0.717, 1.165) is 35.8 Å². The van der Waals surface area contributed by atoms with Crippen LogP contribution in [-0.4, -0.2) is 55.5 Å². The standard InChI is InChI=1S/C20H20F2N2O4S2/c1-13-3-2-4-16(19(26)24-9-11-29-12-10-24)17(13)23-18(25)14-5-7-15(8-6-14)30(27,28)20(21)22/h2-8,20H,9-12H2,1H3,(H,23,25). The van der Waals surface area contributed by atoms with E-state index in [1.807, 2.05) is 0 Å². The van der Waals surface area contributed by atoms with Crippen molar-refractivity contribution in [2.75, 3.05) is 29.9 Å². The Hall–Kier alpha value is -2.46. The second-order valence-corrected chi connectivity index (χ2v) is 9.83. The quantitative estimate of drug-likeness (QED) is 0.748. The maximum absolute atomic E-state index is 12.9. The minimum absolute atomic E-state index is 0.0826. The molecule has 10 heteroatoms. The van der Waals surface area contributed by atoms with Crippen molar-refractivity contribution in [1.82, 2.24) is 4.90 Å². The third-order valence-electron chi connectivity index (χ3n) is 4.72. The number of benzene rings is 2. The highest BCUT2D eigenvalue weighted by Crippen LogP contribution is 2.25. The molecule has 0 spiro atoms. The van der Waals surface area contributed by atoms with E-state index in [0.29, 0.717) is 29.9 Å². The number of aryl methyl sites for hydroxylation is 1. The summed E-state index contributed by atoms with van der Waals surface area (Å²) in [6, 6.07) is 9.39. The van der Waals surface area contributed by atoms with Gasteiger partial charge in [0.2, 0.25) is 9.84 Å². The van der Waals surface area contributed by atoms with E-state index in [9.17, 15) is 26.8 Å². The third kappa shape index (κ3) is 4.65. The Labute approximate surface area is 177 Å². The van der Waals surface area contributed by atoms with Gasteiger partial charge in [-0.15, -0.1) is 0 Å². The molecule has 30 heavy (non-hydrogen) atoms. The molecule has 1 aliphatic heterocycles. The van der Waals surface area contributed by atoms with Crippen molar-refractivity contribution in [3.8, 4) is 0 Å². The van der Waals surface area contributed by atoms with Crippen LogP contribution in [-0.2, 0) is 9.84 Å². The number of halogens is 2. The summed E-state index contributed by atoms with van der Waals surface area (Å²) in [6.45, 7) is 3.02. The van der Waals surface area contributed by atoms with E-state index in [1.165, 1.54) is 0 Å². The fourth-order valence-corrected chi connectivity index (χ4v) is 4.66. The van der Waals surface area contributed by atoms with Gasteiger partial charge in [0.25, 0.3) is 11.8 Å². The summed E-state index contributed by atoms with van der Waals surface area (Å²) in [5, 5.41) is 2.71. The third-order valence-corrected chi connectivity index (χ3v) is 7.06. The number of hydrogen-bond donors (Lipinski definition) is 1. The van der Waals surface area contributed by atoms with Crippen LogP contribution in [0.2, 0.25) is 0 Å². The number of nitrogens with one attached hydrogen (secondary N) is 1. The van der Waals surface area contributed by atoms with E-state index < -0.39 is 26.4 Å². The lowest BCUT2D eigenvalue weighted by Crippen LogP contribution is -2.38. The van der Waals surface area contributed by atoms with Gasteiger partial charge in [-0.25, -0.2) is 8.42 Å². The SMILES string of the molecule is Cc1cccc(C(=O)N2CCSCC2)c1NC(=O)c1ccc(S(=O)(=O)C(F)F)cc1. The number of hydrogen-bond acceptors (Lipinski definition) is 5. The van der Waals surface area contributed by atoms with Gasteiger partial charge in [0, 0.05) is 30.2 Å². The van der Waals surface area contributed by atoms with Crippen molar-refractivity contribution in [2.24, 2.45) is 0 Å². The molecule has 2 aromatic carbocycles. The molecule has 0 bridgehead atoms. The van der Waals surface area contributed by atoms with Gasteiger partial charge in [0.05, 0.1) is 16.1 Å². The number of thioether (sulfide) groups is 1. The van der Waals surface area contributed by atoms with Crippen LogP contribution in [0.5, 0.6) is 0 Å². The predicted molar refractivity (Wildman–Crippen MR) is 112 cm³/mol. The van der Waals surface area contributed by atoms with E-state index in [2.05, 4.69) is 5.32 Å². The zero-order valence-electron chi connectivity index (χ0n) is 16.1. The van der Waals surface area contributed by atoms with Crippen LogP contribution in [0.25, 0.3) is 0 Å². The maximum Gasteiger partial charge on any atom is 0.341 e. The molecule has 1 heterocycles. The number of sulfone groups is 1. The number of amides is 2. The van der Waals surface area contributed by atoms with E-state index in [-0.39, 0.29) is 11.5 Å². The van der Waals surface area contributed by atoms with Crippen LogP contribution in [0.4, 0.5) is 14.5 Å². The van der Waals surface area contributed by atoms with Crippen LogP contribution in [0.15, 0.2) is 47.4 Å². The summed E-state index contributed by atoms with van der Waals surface area (Å²) in [5.74, 6) is -2.58. The molecule has 0 saturated carbocycles. The second kappa shape index (κ2) is 9.13. The Kier molecular flexibility index (Phi) is 6.77. The average molecular weight is 455 g/mol. The lowest BCUT2D eigenvalue weighted by molar-refractivity contribution is 0.0773. The minimum Gasteiger partial charge on any atom is -0.337 e. The summed E-state index contributed by atoms with van der Waals surface area (Å²) < 4.78 is 48.4. The number of carbonyl (C=O) groups excluding carboxylic acids is 2. The summed E-state index contributed by atoms with van der Waals surface area (Å²) >= 11 is 1.78. The average Bonchev–Trinajstić information content (AvgIpc) is 2.75. The largest absolute Gasteiger partial charge is 0.341 e. The van der Waals surface area contributed by atoms with Gasteiger partial charge in [0.15, 0.2) is 0 Å².